The van der Waals surface area contributed by atoms with E-state index in [0.717, 1.165) is 10.9 Å². The summed E-state index contributed by atoms with van der Waals surface area (Å²) in [4.78, 5) is 17.0. The average Bonchev–Trinajstić information content (AvgIpc) is 2.78. The number of hydrogen-bond acceptors (Lipinski definition) is 3. The monoisotopic (exact) mass is 275 g/mol. The van der Waals surface area contributed by atoms with Gasteiger partial charge >= 0.3 is 0 Å². The molecule has 1 aromatic carbocycles. The van der Waals surface area contributed by atoms with E-state index in [1.54, 1.807) is 6.92 Å². The second-order valence-electron chi connectivity index (χ2n) is 5.69. The van der Waals surface area contributed by atoms with Crippen LogP contribution >= 0.6 is 0 Å². The molecule has 1 atom stereocenters. The van der Waals surface area contributed by atoms with Gasteiger partial charge in [0.2, 0.25) is 0 Å². The Kier molecular flexibility index (Phi) is 4.11. The summed E-state index contributed by atoms with van der Waals surface area (Å²) in [6.45, 7) is 2.40. The summed E-state index contributed by atoms with van der Waals surface area (Å²) in [5.41, 5.74) is 0.482. The van der Waals surface area contributed by atoms with Crippen molar-refractivity contribution < 1.29 is 9.90 Å². The maximum absolute atomic E-state index is 12.1. The van der Waals surface area contributed by atoms with Gasteiger partial charge < -0.3 is 20.3 Å². The fraction of sp³-hybridized carbons (Fsp3) is 0.400. The number of para-hydroxylation sites is 1. The minimum absolute atomic E-state index is 0.208. The number of aliphatic hydroxyl groups is 1. The molecule has 3 N–H and O–H groups in total. The first-order chi connectivity index (χ1) is 9.37. The highest BCUT2D eigenvalue weighted by atomic mass is 16.3. The van der Waals surface area contributed by atoms with E-state index in [-0.39, 0.29) is 12.5 Å². The molecule has 108 valence electrons. The number of nitrogens with one attached hydrogen (secondary N) is 2. The molecule has 0 aliphatic heterocycles. The lowest BCUT2D eigenvalue weighted by molar-refractivity contribution is 0.0325. The van der Waals surface area contributed by atoms with E-state index < -0.39 is 5.60 Å². The Labute approximate surface area is 118 Å². The Hall–Kier alpha value is -1.85. The fourth-order valence-electron chi connectivity index (χ4n) is 2.30. The molecule has 5 heteroatoms. The van der Waals surface area contributed by atoms with Crippen LogP contribution in [0, 0.1) is 0 Å². The summed E-state index contributed by atoms with van der Waals surface area (Å²) in [6.07, 6.45) is 0. The standard InChI is InChI=1S/C15H21N3O2/c1-15(20,10-18(2)3)9-16-14(19)13-8-11-6-4-5-7-12(11)17-13/h4-8,17,20H,9-10H2,1-3H3,(H,16,19). The van der Waals surface area contributed by atoms with Gasteiger partial charge in [-0.3, -0.25) is 4.79 Å². The molecule has 0 radical (unpaired) electrons. The van der Waals surface area contributed by atoms with Gasteiger partial charge in [0.1, 0.15) is 5.69 Å². The van der Waals surface area contributed by atoms with Gasteiger partial charge in [0, 0.05) is 24.0 Å². The molecular formula is C15H21N3O2. The molecular weight excluding hydrogens is 254 g/mol. The number of fused-ring (bicyclic) bond motifs is 1. The first kappa shape index (κ1) is 14.6. The van der Waals surface area contributed by atoms with Gasteiger partial charge in [-0.1, -0.05) is 18.2 Å². The molecule has 1 aromatic heterocycles. The molecule has 1 amide bonds. The summed E-state index contributed by atoms with van der Waals surface area (Å²) >= 11 is 0. The van der Waals surface area contributed by atoms with Crippen LogP contribution < -0.4 is 5.32 Å². The summed E-state index contributed by atoms with van der Waals surface area (Å²) in [5, 5.41) is 13.9. The second kappa shape index (κ2) is 5.64. The maximum atomic E-state index is 12.1. The number of hydrogen-bond donors (Lipinski definition) is 3. The van der Waals surface area contributed by atoms with Gasteiger partial charge in [0.25, 0.3) is 5.91 Å². The van der Waals surface area contributed by atoms with Crippen LogP contribution in [0.15, 0.2) is 30.3 Å². The van der Waals surface area contributed by atoms with Crippen LogP contribution in [0.25, 0.3) is 10.9 Å². The third kappa shape index (κ3) is 3.59. The number of likely N-dealkylation sites (N-methyl/N-ethyl adjacent to an activating group) is 1. The maximum Gasteiger partial charge on any atom is 0.267 e. The Bertz CT molecular complexity index is 569. The molecule has 2 rings (SSSR count). The zero-order valence-corrected chi connectivity index (χ0v) is 12.1. The first-order valence-electron chi connectivity index (χ1n) is 6.60. The average molecular weight is 275 g/mol. The molecule has 0 saturated heterocycles. The summed E-state index contributed by atoms with van der Waals surface area (Å²) in [6, 6.07) is 9.53. The van der Waals surface area contributed by atoms with Crippen molar-refractivity contribution in [3.8, 4) is 0 Å². The van der Waals surface area contributed by atoms with Gasteiger partial charge in [0.15, 0.2) is 0 Å². The molecule has 1 unspecified atom stereocenters. The van der Waals surface area contributed by atoms with Crippen molar-refractivity contribution >= 4 is 16.8 Å². The predicted octanol–water partition coefficient (Wildman–Crippen LogP) is 1.21. The van der Waals surface area contributed by atoms with Crippen molar-refractivity contribution in [3.63, 3.8) is 0 Å². The van der Waals surface area contributed by atoms with Crippen molar-refractivity contribution in [2.45, 2.75) is 12.5 Å². The third-order valence-corrected chi connectivity index (χ3v) is 3.06. The Balaban J connectivity index is 2.01. The zero-order chi connectivity index (χ0) is 14.8. The van der Waals surface area contributed by atoms with E-state index in [1.807, 2.05) is 49.3 Å². The predicted molar refractivity (Wildman–Crippen MR) is 79.8 cm³/mol. The van der Waals surface area contributed by atoms with Crippen molar-refractivity contribution in [1.82, 2.24) is 15.2 Å². The normalized spacial score (nSPS) is 14.4. The zero-order valence-electron chi connectivity index (χ0n) is 12.1. The molecule has 2 aromatic rings. The molecule has 5 nitrogen and oxygen atoms in total. The van der Waals surface area contributed by atoms with Crippen molar-refractivity contribution in [3.05, 3.63) is 36.0 Å². The van der Waals surface area contributed by atoms with E-state index in [2.05, 4.69) is 10.3 Å². The Morgan fingerprint density at radius 3 is 2.75 bits per heavy atom. The fourth-order valence-corrected chi connectivity index (χ4v) is 2.30. The van der Waals surface area contributed by atoms with Gasteiger partial charge in [-0.25, -0.2) is 0 Å². The lowest BCUT2D eigenvalue weighted by Gasteiger charge is -2.26. The molecule has 0 saturated carbocycles. The summed E-state index contributed by atoms with van der Waals surface area (Å²) in [5.74, 6) is -0.208. The molecule has 0 bridgehead atoms. The summed E-state index contributed by atoms with van der Waals surface area (Å²) < 4.78 is 0. The highest BCUT2D eigenvalue weighted by molar-refractivity contribution is 5.97. The number of aromatic nitrogens is 1. The van der Waals surface area contributed by atoms with Crippen LogP contribution in [0.1, 0.15) is 17.4 Å². The van der Waals surface area contributed by atoms with E-state index >= 15 is 0 Å². The number of carbonyl (C=O) groups excluding carboxylic acids is 1. The summed E-state index contributed by atoms with van der Waals surface area (Å²) in [7, 11) is 3.77. The quantitative estimate of drug-likeness (QED) is 0.768. The number of amides is 1. The molecule has 0 spiro atoms. The van der Waals surface area contributed by atoms with Crippen molar-refractivity contribution in [2.75, 3.05) is 27.2 Å². The van der Waals surface area contributed by atoms with Crippen LogP contribution in [-0.2, 0) is 0 Å². The molecule has 0 aliphatic rings. The second-order valence-corrected chi connectivity index (χ2v) is 5.69. The van der Waals surface area contributed by atoms with Crippen LogP contribution in [0.4, 0.5) is 0 Å². The van der Waals surface area contributed by atoms with Gasteiger partial charge in [-0.15, -0.1) is 0 Å². The lowest BCUT2D eigenvalue weighted by Crippen LogP contribution is -2.47. The van der Waals surface area contributed by atoms with Crippen LogP contribution in [-0.4, -0.2) is 53.7 Å². The first-order valence-corrected chi connectivity index (χ1v) is 6.60. The topological polar surface area (TPSA) is 68.4 Å². The number of rotatable bonds is 5. The number of H-pyrrole nitrogens is 1. The van der Waals surface area contributed by atoms with E-state index in [1.165, 1.54) is 0 Å². The lowest BCUT2D eigenvalue weighted by atomic mass is 10.1. The van der Waals surface area contributed by atoms with Gasteiger partial charge in [-0.2, -0.15) is 0 Å². The third-order valence-electron chi connectivity index (χ3n) is 3.06. The minimum atomic E-state index is -0.953. The van der Waals surface area contributed by atoms with Crippen molar-refractivity contribution in [2.24, 2.45) is 0 Å². The van der Waals surface area contributed by atoms with E-state index in [0.29, 0.717) is 12.2 Å². The number of aromatic amines is 1. The SMILES string of the molecule is CN(C)CC(C)(O)CNC(=O)c1cc2ccccc2[nH]1. The minimum Gasteiger partial charge on any atom is -0.387 e. The highest BCUT2D eigenvalue weighted by Gasteiger charge is 2.22. The van der Waals surface area contributed by atoms with Gasteiger partial charge in [0.05, 0.1) is 5.60 Å². The van der Waals surface area contributed by atoms with Crippen LogP contribution in [0.5, 0.6) is 0 Å². The van der Waals surface area contributed by atoms with E-state index in [9.17, 15) is 9.90 Å². The molecule has 1 heterocycles. The van der Waals surface area contributed by atoms with Gasteiger partial charge in [-0.05, 0) is 33.2 Å². The molecule has 0 aliphatic carbocycles. The Morgan fingerprint density at radius 1 is 1.40 bits per heavy atom. The molecule has 0 fully saturated rings. The molecule has 20 heavy (non-hydrogen) atoms. The van der Waals surface area contributed by atoms with Crippen LogP contribution in [0.2, 0.25) is 0 Å². The number of benzene rings is 1. The number of nitrogens with zero attached hydrogens (tertiary/aromatic N) is 1. The van der Waals surface area contributed by atoms with E-state index in [4.69, 9.17) is 0 Å². The van der Waals surface area contributed by atoms with Crippen molar-refractivity contribution in [1.29, 1.82) is 0 Å². The Morgan fingerprint density at radius 2 is 2.10 bits per heavy atom. The van der Waals surface area contributed by atoms with Crippen LogP contribution in [0.3, 0.4) is 0 Å². The number of carbonyl (C=O) groups is 1. The largest absolute Gasteiger partial charge is 0.387 e. The smallest absolute Gasteiger partial charge is 0.267 e. The highest BCUT2D eigenvalue weighted by Crippen LogP contribution is 2.14.